The number of rotatable bonds is 3. The molecule has 1 atom stereocenters. The maximum absolute atomic E-state index is 10.3. The van der Waals surface area contributed by atoms with Crippen LogP contribution in [-0.4, -0.2) is 51.2 Å². The predicted molar refractivity (Wildman–Crippen MR) is 83.6 cm³/mol. The molecule has 3 fully saturated rings. The summed E-state index contributed by atoms with van der Waals surface area (Å²) in [4.78, 5) is 2.50. The minimum Gasteiger partial charge on any atom is -0.390 e. The zero-order valence-electron chi connectivity index (χ0n) is 13.5. The number of aliphatic hydroxyl groups is 1. The molecule has 0 bridgehead atoms. The van der Waals surface area contributed by atoms with Crippen molar-refractivity contribution < 1.29 is 9.84 Å². The van der Waals surface area contributed by atoms with Gasteiger partial charge < -0.3 is 9.84 Å². The van der Waals surface area contributed by atoms with Gasteiger partial charge in [-0.3, -0.25) is 9.58 Å². The van der Waals surface area contributed by atoms with Gasteiger partial charge in [0.05, 0.1) is 17.9 Å². The van der Waals surface area contributed by atoms with Gasteiger partial charge in [-0.25, -0.2) is 0 Å². The molecule has 1 saturated carbocycles. The van der Waals surface area contributed by atoms with E-state index in [9.17, 15) is 5.11 Å². The fourth-order valence-electron chi connectivity index (χ4n) is 4.22. The largest absolute Gasteiger partial charge is 0.390 e. The van der Waals surface area contributed by atoms with Crippen molar-refractivity contribution >= 4 is 0 Å². The van der Waals surface area contributed by atoms with Crippen LogP contribution in [0.4, 0.5) is 0 Å². The normalized spacial score (nSPS) is 29.1. The summed E-state index contributed by atoms with van der Waals surface area (Å²) in [6.45, 7) is 3.82. The molecule has 4 rings (SSSR count). The standard InChI is InChI=1S/C17H27N3O2/c1-19-16(13-4-5-13)14(11-18-19)12-20-8-6-17(7-9-20)15(21)3-2-10-22-17/h11,13,15,21H,2-10,12H2,1H3. The van der Waals surface area contributed by atoms with Crippen molar-refractivity contribution in [2.45, 2.75) is 62.7 Å². The molecule has 5 nitrogen and oxygen atoms in total. The summed E-state index contributed by atoms with van der Waals surface area (Å²) in [5, 5.41) is 14.8. The maximum atomic E-state index is 10.3. The van der Waals surface area contributed by atoms with Crippen molar-refractivity contribution in [3.05, 3.63) is 17.5 Å². The second kappa shape index (κ2) is 5.62. The smallest absolute Gasteiger partial charge is 0.0964 e. The zero-order chi connectivity index (χ0) is 15.2. The van der Waals surface area contributed by atoms with E-state index in [1.54, 1.807) is 0 Å². The van der Waals surface area contributed by atoms with Gasteiger partial charge in [0.25, 0.3) is 0 Å². The Morgan fingerprint density at radius 1 is 1.32 bits per heavy atom. The minimum atomic E-state index is -0.274. The van der Waals surface area contributed by atoms with Crippen LogP contribution in [0.2, 0.25) is 0 Å². The topological polar surface area (TPSA) is 50.5 Å². The van der Waals surface area contributed by atoms with Gasteiger partial charge in [0.15, 0.2) is 0 Å². The Labute approximate surface area is 132 Å². The van der Waals surface area contributed by atoms with E-state index < -0.39 is 0 Å². The number of aromatic nitrogens is 2. The number of aryl methyl sites for hydroxylation is 1. The third kappa shape index (κ3) is 2.59. The van der Waals surface area contributed by atoms with E-state index in [1.807, 2.05) is 6.20 Å². The molecule has 3 aliphatic rings. The fraction of sp³-hybridized carbons (Fsp3) is 0.824. The molecule has 0 radical (unpaired) electrons. The van der Waals surface area contributed by atoms with Crippen LogP contribution in [-0.2, 0) is 18.3 Å². The first kappa shape index (κ1) is 14.7. The van der Waals surface area contributed by atoms with E-state index in [0.717, 1.165) is 57.8 Å². The van der Waals surface area contributed by atoms with Gasteiger partial charge in [-0.1, -0.05) is 0 Å². The number of ether oxygens (including phenoxy) is 1. The van der Waals surface area contributed by atoms with Gasteiger partial charge in [-0.2, -0.15) is 5.10 Å². The first-order valence-electron chi connectivity index (χ1n) is 8.73. The summed E-state index contributed by atoms with van der Waals surface area (Å²) < 4.78 is 8.06. The summed E-state index contributed by atoms with van der Waals surface area (Å²) in [5.74, 6) is 0.738. The summed E-state index contributed by atoms with van der Waals surface area (Å²) in [5.41, 5.74) is 2.57. The van der Waals surface area contributed by atoms with Crippen LogP contribution in [0.25, 0.3) is 0 Å². The number of hydrogen-bond acceptors (Lipinski definition) is 4. The van der Waals surface area contributed by atoms with Crippen LogP contribution in [0.15, 0.2) is 6.20 Å². The molecule has 1 aromatic rings. The second-order valence-corrected chi connectivity index (χ2v) is 7.30. The van der Waals surface area contributed by atoms with Gasteiger partial charge >= 0.3 is 0 Å². The molecule has 1 spiro atoms. The number of likely N-dealkylation sites (tertiary alicyclic amines) is 1. The predicted octanol–water partition coefficient (Wildman–Crippen LogP) is 1.80. The highest BCUT2D eigenvalue weighted by atomic mass is 16.5. The molecular formula is C17H27N3O2. The molecule has 3 heterocycles. The van der Waals surface area contributed by atoms with Crippen LogP contribution in [0.5, 0.6) is 0 Å². The number of aliphatic hydroxyl groups excluding tert-OH is 1. The minimum absolute atomic E-state index is 0.261. The first-order chi connectivity index (χ1) is 10.7. The molecule has 2 saturated heterocycles. The Hall–Kier alpha value is -0.910. The average Bonchev–Trinajstić information content (AvgIpc) is 3.29. The Morgan fingerprint density at radius 3 is 2.77 bits per heavy atom. The second-order valence-electron chi connectivity index (χ2n) is 7.30. The number of hydrogen-bond donors (Lipinski definition) is 1. The summed E-state index contributed by atoms with van der Waals surface area (Å²) in [6.07, 6.45) is 8.20. The van der Waals surface area contributed by atoms with E-state index in [4.69, 9.17) is 4.74 Å². The lowest BCUT2D eigenvalue weighted by atomic mass is 9.82. The van der Waals surface area contributed by atoms with E-state index in [0.29, 0.717) is 0 Å². The zero-order valence-corrected chi connectivity index (χ0v) is 13.5. The highest BCUT2D eigenvalue weighted by molar-refractivity contribution is 5.25. The van der Waals surface area contributed by atoms with E-state index in [2.05, 4.69) is 21.7 Å². The van der Waals surface area contributed by atoms with E-state index in [-0.39, 0.29) is 11.7 Å². The lowest BCUT2D eigenvalue weighted by molar-refractivity contribution is -0.177. The maximum Gasteiger partial charge on any atom is 0.0964 e. The molecule has 122 valence electrons. The number of piperidine rings is 1. The third-order valence-corrected chi connectivity index (χ3v) is 5.74. The van der Waals surface area contributed by atoms with Crippen molar-refractivity contribution in [1.82, 2.24) is 14.7 Å². The lowest BCUT2D eigenvalue weighted by Gasteiger charge is -2.46. The van der Waals surface area contributed by atoms with Gasteiger partial charge in [-0.15, -0.1) is 0 Å². The molecule has 1 aliphatic carbocycles. The van der Waals surface area contributed by atoms with Crippen LogP contribution >= 0.6 is 0 Å². The van der Waals surface area contributed by atoms with Crippen molar-refractivity contribution in [1.29, 1.82) is 0 Å². The summed E-state index contributed by atoms with van der Waals surface area (Å²) in [7, 11) is 2.06. The van der Waals surface area contributed by atoms with Crippen molar-refractivity contribution in [3.8, 4) is 0 Å². The Balaban J connectivity index is 1.40. The molecule has 1 unspecified atom stereocenters. The molecular weight excluding hydrogens is 278 g/mol. The lowest BCUT2D eigenvalue weighted by Crippen LogP contribution is -2.55. The molecule has 1 N–H and O–H groups in total. The molecule has 2 aliphatic heterocycles. The van der Waals surface area contributed by atoms with Crippen molar-refractivity contribution in [3.63, 3.8) is 0 Å². The van der Waals surface area contributed by atoms with Gasteiger partial charge in [0.2, 0.25) is 0 Å². The van der Waals surface area contributed by atoms with E-state index in [1.165, 1.54) is 24.1 Å². The highest BCUT2D eigenvalue weighted by Gasteiger charge is 2.43. The molecule has 5 heteroatoms. The summed E-state index contributed by atoms with van der Waals surface area (Å²) in [6, 6.07) is 0. The SMILES string of the molecule is Cn1ncc(CN2CCC3(CC2)OCCCC3O)c1C1CC1. The molecule has 1 aromatic heterocycles. The first-order valence-corrected chi connectivity index (χ1v) is 8.73. The van der Waals surface area contributed by atoms with Crippen LogP contribution in [0, 0.1) is 0 Å². The van der Waals surface area contributed by atoms with Crippen LogP contribution in [0.1, 0.15) is 55.7 Å². The Kier molecular flexibility index (Phi) is 3.75. The molecule has 0 amide bonds. The van der Waals surface area contributed by atoms with Crippen LogP contribution < -0.4 is 0 Å². The van der Waals surface area contributed by atoms with Crippen molar-refractivity contribution in [2.24, 2.45) is 7.05 Å². The van der Waals surface area contributed by atoms with Crippen LogP contribution in [0.3, 0.4) is 0 Å². The van der Waals surface area contributed by atoms with Crippen molar-refractivity contribution in [2.75, 3.05) is 19.7 Å². The average molecular weight is 305 g/mol. The molecule has 0 aromatic carbocycles. The van der Waals surface area contributed by atoms with E-state index >= 15 is 0 Å². The quantitative estimate of drug-likeness (QED) is 0.925. The summed E-state index contributed by atoms with van der Waals surface area (Å²) >= 11 is 0. The number of nitrogens with zero attached hydrogens (tertiary/aromatic N) is 3. The monoisotopic (exact) mass is 305 g/mol. The highest BCUT2D eigenvalue weighted by Crippen LogP contribution is 2.42. The molecule has 22 heavy (non-hydrogen) atoms. The fourth-order valence-corrected chi connectivity index (χ4v) is 4.22. The third-order valence-electron chi connectivity index (χ3n) is 5.74. The van der Waals surface area contributed by atoms with Gasteiger partial charge in [0.1, 0.15) is 0 Å². The Bertz CT molecular complexity index is 530. The van der Waals surface area contributed by atoms with Gasteiger partial charge in [0, 0.05) is 50.5 Å². The van der Waals surface area contributed by atoms with Gasteiger partial charge in [-0.05, 0) is 38.5 Å². The Morgan fingerprint density at radius 2 is 2.09 bits per heavy atom.